The van der Waals surface area contributed by atoms with E-state index in [2.05, 4.69) is 15.6 Å². The molecule has 1 aliphatic carbocycles. The van der Waals surface area contributed by atoms with Crippen LogP contribution in [0.1, 0.15) is 60.5 Å². The van der Waals surface area contributed by atoms with Crippen LogP contribution < -0.4 is 10.6 Å². The third kappa shape index (κ3) is 5.18. The molecule has 1 aromatic heterocycles. The fourth-order valence-electron chi connectivity index (χ4n) is 3.41. The van der Waals surface area contributed by atoms with Crippen LogP contribution in [0.4, 0.5) is 13.9 Å². The summed E-state index contributed by atoms with van der Waals surface area (Å²) in [5.74, 6) is -3.63. The maximum absolute atomic E-state index is 13.9. The number of nitrogens with zero attached hydrogens (tertiary/aromatic N) is 1. The SMILES string of the molecule is CC(C)[C@H](NC(=O)c1c(F)cccc1F)C(=O)Nc1nc2c(s1)CCCCCC2. The Morgan fingerprint density at radius 1 is 1.07 bits per heavy atom. The fourth-order valence-corrected chi connectivity index (χ4v) is 4.46. The van der Waals surface area contributed by atoms with Crippen LogP contribution in [-0.4, -0.2) is 22.8 Å². The fraction of sp³-hybridized carbons (Fsp3) is 0.476. The first-order valence-corrected chi connectivity index (χ1v) is 10.7. The van der Waals surface area contributed by atoms with Crippen LogP contribution in [-0.2, 0) is 17.6 Å². The van der Waals surface area contributed by atoms with Crippen molar-refractivity contribution in [3.05, 3.63) is 46.0 Å². The van der Waals surface area contributed by atoms with E-state index in [4.69, 9.17) is 0 Å². The molecule has 0 saturated carbocycles. The molecule has 1 aliphatic rings. The molecule has 1 atom stereocenters. The summed E-state index contributed by atoms with van der Waals surface area (Å²) in [6.45, 7) is 3.51. The van der Waals surface area contributed by atoms with E-state index in [-0.39, 0.29) is 5.92 Å². The quantitative estimate of drug-likeness (QED) is 0.748. The molecule has 3 rings (SSSR count). The highest BCUT2D eigenvalue weighted by molar-refractivity contribution is 7.15. The zero-order valence-electron chi connectivity index (χ0n) is 16.6. The van der Waals surface area contributed by atoms with E-state index in [1.54, 1.807) is 13.8 Å². The van der Waals surface area contributed by atoms with Crippen molar-refractivity contribution in [2.75, 3.05) is 5.32 Å². The first-order valence-electron chi connectivity index (χ1n) is 9.91. The lowest BCUT2D eigenvalue weighted by Crippen LogP contribution is -2.47. The van der Waals surface area contributed by atoms with E-state index >= 15 is 0 Å². The van der Waals surface area contributed by atoms with E-state index in [1.807, 2.05) is 0 Å². The van der Waals surface area contributed by atoms with Gasteiger partial charge in [0.25, 0.3) is 5.91 Å². The molecule has 1 aromatic carbocycles. The van der Waals surface area contributed by atoms with E-state index in [0.29, 0.717) is 5.13 Å². The number of thiazole rings is 1. The lowest BCUT2D eigenvalue weighted by molar-refractivity contribution is -0.118. The van der Waals surface area contributed by atoms with Gasteiger partial charge in [-0.05, 0) is 43.7 Å². The number of aryl methyl sites for hydroxylation is 2. The summed E-state index contributed by atoms with van der Waals surface area (Å²) in [5, 5.41) is 5.73. The topological polar surface area (TPSA) is 71.1 Å². The maximum atomic E-state index is 13.9. The number of rotatable bonds is 5. The predicted molar refractivity (Wildman–Crippen MR) is 109 cm³/mol. The van der Waals surface area contributed by atoms with Crippen molar-refractivity contribution in [1.82, 2.24) is 10.3 Å². The van der Waals surface area contributed by atoms with Crippen molar-refractivity contribution in [2.45, 2.75) is 58.4 Å². The lowest BCUT2D eigenvalue weighted by atomic mass is 10.0. The molecule has 5 nitrogen and oxygen atoms in total. The number of halogens is 2. The smallest absolute Gasteiger partial charge is 0.257 e. The first-order chi connectivity index (χ1) is 13.9. The number of nitrogens with one attached hydrogen (secondary N) is 2. The minimum Gasteiger partial charge on any atom is -0.340 e. The third-order valence-corrected chi connectivity index (χ3v) is 6.07. The molecule has 0 saturated heterocycles. The van der Waals surface area contributed by atoms with Crippen molar-refractivity contribution in [3.8, 4) is 0 Å². The molecule has 1 heterocycles. The molecule has 156 valence electrons. The van der Waals surface area contributed by atoms with E-state index in [9.17, 15) is 18.4 Å². The minimum absolute atomic E-state index is 0.283. The second-order valence-electron chi connectivity index (χ2n) is 7.58. The molecule has 8 heteroatoms. The standard InChI is InChI=1S/C21H25F2N3O2S/c1-12(2)18(25-19(27)17-13(22)8-7-9-14(17)23)20(28)26-21-24-15-10-5-3-4-6-11-16(15)29-21/h7-9,12,18H,3-6,10-11H2,1-2H3,(H,25,27)(H,24,26,28)/t18-/m0/s1. The van der Waals surface area contributed by atoms with Gasteiger partial charge in [-0.1, -0.05) is 32.8 Å². The number of carbonyl (C=O) groups is 2. The van der Waals surface area contributed by atoms with Gasteiger partial charge in [-0.3, -0.25) is 9.59 Å². The van der Waals surface area contributed by atoms with Gasteiger partial charge in [0.15, 0.2) is 5.13 Å². The summed E-state index contributed by atoms with van der Waals surface area (Å²) in [5.41, 5.74) is 0.340. The van der Waals surface area contributed by atoms with Crippen LogP contribution in [0.2, 0.25) is 0 Å². The largest absolute Gasteiger partial charge is 0.340 e. The molecule has 0 aliphatic heterocycles. The Bertz CT molecular complexity index is 852. The molecule has 2 amide bonds. The van der Waals surface area contributed by atoms with Gasteiger partial charge in [-0.2, -0.15) is 0 Å². The number of hydrogen-bond acceptors (Lipinski definition) is 4. The highest BCUT2D eigenvalue weighted by Gasteiger charge is 2.28. The van der Waals surface area contributed by atoms with Gasteiger partial charge >= 0.3 is 0 Å². The molecule has 2 N–H and O–H groups in total. The van der Waals surface area contributed by atoms with Crippen molar-refractivity contribution in [1.29, 1.82) is 0 Å². The van der Waals surface area contributed by atoms with Crippen LogP contribution in [0, 0.1) is 17.6 Å². The number of hydrogen-bond donors (Lipinski definition) is 2. The summed E-state index contributed by atoms with van der Waals surface area (Å²) in [4.78, 5) is 30.9. The molecule has 0 fully saturated rings. The van der Waals surface area contributed by atoms with Crippen molar-refractivity contribution < 1.29 is 18.4 Å². The summed E-state index contributed by atoms with van der Waals surface area (Å²) in [7, 11) is 0. The van der Waals surface area contributed by atoms with Crippen LogP contribution in [0.3, 0.4) is 0 Å². The number of fused-ring (bicyclic) bond motifs is 1. The number of carbonyl (C=O) groups excluding carboxylic acids is 2. The third-order valence-electron chi connectivity index (χ3n) is 5.00. The Hall–Kier alpha value is -2.35. The Labute approximate surface area is 172 Å². The van der Waals surface area contributed by atoms with Gasteiger partial charge in [-0.25, -0.2) is 13.8 Å². The van der Waals surface area contributed by atoms with Gasteiger partial charge in [0, 0.05) is 4.88 Å². The lowest BCUT2D eigenvalue weighted by Gasteiger charge is -2.21. The Morgan fingerprint density at radius 2 is 1.72 bits per heavy atom. The number of amides is 2. The second-order valence-corrected chi connectivity index (χ2v) is 8.67. The van der Waals surface area contributed by atoms with Crippen LogP contribution in [0.15, 0.2) is 18.2 Å². The average Bonchev–Trinajstić information content (AvgIpc) is 2.99. The number of aromatic nitrogens is 1. The first kappa shape index (κ1) is 21.4. The monoisotopic (exact) mass is 421 g/mol. The van der Waals surface area contributed by atoms with Crippen LogP contribution in [0.25, 0.3) is 0 Å². The Morgan fingerprint density at radius 3 is 2.38 bits per heavy atom. The number of anilines is 1. The summed E-state index contributed by atoms with van der Waals surface area (Å²) in [6.07, 6.45) is 6.45. The molecule has 0 radical (unpaired) electrons. The number of benzene rings is 1. The van der Waals surface area contributed by atoms with Crippen LogP contribution in [0.5, 0.6) is 0 Å². The zero-order valence-corrected chi connectivity index (χ0v) is 17.4. The normalized spacial score (nSPS) is 15.2. The maximum Gasteiger partial charge on any atom is 0.257 e. The van der Waals surface area contributed by atoms with E-state index in [0.717, 1.165) is 43.5 Å². The van der Waals surface area contributed by atoms with E-state index < -0.39 is 35.1 Å². The van der Waals surface area contributed by atoms with E-state index in [1.165, 1.54) is 35.1 Å². The van der Waals surface area contributed by atoms with Gasteiger partial charge in [0.2, 0.25) is 5.91 Å². The average molecular weight is 422 g/mol. The van der Waals surface area contributed by atoms with Gasteiger partial charge in [0.1, 0.15) is 23.2 Å². The minimum atomic E-state index is -0.967. The van der Waals surface area contributed by atoms with Crippen molar-refractivity contribution in [2.24, 2.45) is 5.92 Å². The Balaban J connectivity index is 1.73. The predicted octanol–water partition coefficient (Wildman–Crippen LogP) is 4.47. The zero-order chi connectivity index (χ0) is 21.0. The summed E-state index contributed by atoms with van der Waals surface area (Å²) in [6, 6.07) is 2.25. The summed E-state index contributed by atoms with van der Waals surface area (Å²) < 4.78 is 27.8. The molecule has 0 unspecified atom stereocenters. The Kier molecular flexibility index (Phi) is 6.95. The molecular weight excluding hydrogens is 396 g/mol. The van der Waals surface area contributed by atoms with Crippen molar-refractivity contribution >= 4 is 28.3 Å². The van der Waals surface area contributed by atoms with Crippen molar-refractivity contribution in [3.63, 3.8) is 0 Å². The summed E-state index contributed by atoms with van der Waals surface area (Å²) >= 11 is 1.46. The molecule has 29 heavy (non-hydrogen) atoms. The highest BCUT2D eigenvalue weighted by Crippen LogP contribution is 2.28. The molecule has 0 spiro atoms. The second kappa shape index (κ2) is 9.43. The molecular formula is C21H25F2N3O2S. The van der Waals surface area contributed by atoms with Gasteiger partial charge in [0.05, 0.1) is 5.69 Å². The van der Waals surface area contributed by atoms with Gasteiger partial charge < -0.3 is 10.6 Å². The van der Waals surface area contributed by atoms with Gasteiger partial charge in [-0.15, -0.1) is 11.3 Å². The molecule has 2 aromatic rings. The van der Waals surface area contributed by atoms with Crippen LogP contribution >= 0.6 is 11.3 Å². The highest BCUT2D eigenvalue weighted by atomic mass is 32.1. The molecule has 0 bridgehead atoms.